The summed E-state index contributed by atoms with van der Waals surface area (Å²) in [4.78, 5) is 0. The summed E-state index contributed by atoms with van der Waals surface area (Å²) in [6.07, 6.45) is 5.06. The molecule has 0 aromatic heterocycles. The Morgan fingerprint density at radius 1 is 1.06 bits per heavy atom. The molecule has 0 spiro atoms. The van der Waals surface area contributed by atoms with Gasteiger partial charge in [-0.05, 0) is 42.4 Å². The van der Waals surface area contributed by atoms with E-state index in [0.29, 0.717) is 11.7 Å². The van der Waals surface area contributed by atoms with Crippen LogP contribution in [0, 0.1) is 5.92 Å². The van der Waals surface area contributed by atoms with Crippen LogP contribution in [0.25, 0.3) is 0 Å². The fraction of sp³-hybridized carbons (Fsp3) is 0.600. The van der Waals surface area contributed by atoms with Crippen LogP contribution in [0.5, 0.6) is 5.75 Å². The molecule has 0 radical (unpaired) electrons. The summed E-state index contributed by atoms with van der Waals surface area (Å²) < 4.78 is 0. The van der Waals surface area contributed by atoms with Crippen LogP contribution in [0.3, 0.4) is 0 Å². The van der Waals surface area contributed by atoms with Crippen molar-refractivity contribution in [2.45, 2.75) is 52.4 Å². The number of hydrogen-bond donors (Lipinski definition) is 1. The summed E-state index contributed by atoms with van der Waals surface area (Å²) in [5.41, 5.74) is 1.36. The van der Waals surface area contributed by atoms with E-state index in [1.807, 2.05) is 0 Å². The number of rotatable bonds is 6. The van der Waals surface area contributed by atoms with Gasteiger partial charge in [-0.1, -0.05) is 45.7 Å². The summed E-state index contributed by atoms with van der Waals surface area (Å²) in [5, 5.41) is 9.26. The monoisotopic (exact) mass is 220 g/mol. The minimum atomic E-state index is 0.362. The standard InChI is InChI=1S/C15H24O/c1-4-13(7-5-6-12(2)3)14-8-10-15(16)11-9-14/h8-13,16H,4-7H2,1-3H3. The Bertz CT molecular complexity index is 287. The minimum absolute atomic E-state index is 0.362. The Kier molecular flexibility index (Phi) is 5.37. The first-order chi connectivity index (χ1) is 7.63. The van der Waals surface area contributed by atoms with Crippen molar-refractivity contribution in [3.8, 4) is 5.75 Å². The normalized spacial score (nSPS) is 13.0. The van der Waals surface area contributed by atoms with Crippen molar-refractivity contribution in [2.24, 2.45) is 5.92 Å². The molecule has 0 heterocycles. The van der Waals surface area contributed by atoms with Crippen LogP contribution in [0.4, 0.5) is 0 Å². The Morgan fingerprint density at radius 3 is 2.19 bits per heavy atom. The molecule has 0 bridgehead atoms. The average molecular weight is 220 g/mol. The average Bonchev–Trinajstić information content (AvgIpc) is 2.26. The number of aromatic hydroxyl groups is 1. The molecule has 0 fully saturated rings. The lowest BCUT2D eigenvalue weighted by atomic mass is 9.90. The van der Waals surface area contributed by atoms with E-state index in [0.717, 1.165) is 5.92 Å². The van der Waals surface area contributed by atoms with E-state index in [2.05, 4.69) is 32.9 Å². The fourth-order valence-corrected chi connectivity index (χ4v) is 2.13. The quantitative estimate of drug-likeness (QED) is 0.736. The zero-order chi connectivity index (χ0) is 12.0. The maximum absolute atomic E-state index is 9.26. The number of phenols is 1. The lowest BCUT2D eigenvalue weighted by Crippen LogP contribution is -1.98. The Balaban J connectivity index is 2.50. The van der Waals surface area contributed by atoms with Gasteiger partial charge in [0.05, 0.1) is 0 Å². The highest BCUT2D eigenvalue weighted by Crippen LogP contribution is 2.27. The highest BCUT2D eigenvalue weighted by atomic mass is 16.3. The molecule has 1 atom stereocenters. The third kappa shape index (κ3) is 4.26. The van der Waals surface area contributed by atoms with Gasteiger partial charge >= 0.3 is 0 Å². The third-order valence-corrected chi connectivity index (χ3v) is 3.19. The van der Waals surface area contributed by atoms with Crippen LogP contribution in [-0.2, 0) is 0 Å². The van der Waals surface area contributed by atoms with Crippen LogP contribution >= 0.6 is 0 Å². The molecular formula is C15H24O. The van der Waals surface area contributed by atoms with Gasteiger partial charge in [0.1, 0.15) is 5.75 Å². The van der Waals surface area contributed by atoms with Crippen LogP contribution in [0.1, 0.15) is 57.9 Å². The van der Waals surface area contributed by atoms with Gasteiger partial charge in [-0.25, -0.2) is 0 Å². The molecule has 90 valence electrons. The lowest BCUT2D eigenvalue weighted by Gasteiger charge is -2.16. The summed E-state index contributed by atoms with van der Waals surface area (Å²) in [6, 6.07) is 7.69. The molecule has 0 saturated carbocycles. The van der Waals surface area contributed by atoms with Crippen molar-refractivity contribution in [1.29, 1.82) is 0 Å². The second-order valence-electron chi connectivity index (χ2n) is 5.02. The molecule has 1 heteroatoms. The molecule has 1 unspecified atom stereocenters. The molecular weight excluding hydrogens is 196 g/mol. The Morgan fingerprint density at radius 2 is 1.69 bits per heavy atom. The fourth-order valence-electron chi connectivity index (χ4n) is 2.13. The van der Waals surface area contributed by atoms with E-state index in [-0.39, 0.29) is 0 Å². The third-order valence-electron chi connectivity index (χ3n) is 3.19. The second-order valence-corrected chi connectivity index (χ2v) is 5.02. The van der Waals surface area contributed by atoms with E-state index in [9.17, 15) is 5.11 Å². The van der Waals surface area contributed by atoms with Gasteiger partial charge < -0.3 is 5.11 Å². The maximum atomic E-state index is 9.26. The molecule has 1 N–H and O–H groups in total. The number of phenolic OH excluding ortho intramolecular Hbond substituents is 1. The molecule has 1 aromatic rings. The summed E-state index contributed by atoms with van der Waals surface area (Å²) in [7, 11) is 0. The smallest absolute Gasteiger partial charge is 0.115 e. The van der Waals surface area contributed by atoms with Crippen molar-refractivity contribution in [3.63, 3.8) is 0 Å². The van der Waals surface area contributed by atoms with Gasteiger partial charge in [0, 0.05) is 0 Å². The van der Waals surface area contributed by atoms with E-state index in [1.54, 1.807) is 12.1 Å². The van der Waals surface area contributed by atoms with Crippen molar-refractivity contribution in [3.05, 3.63) is 29.8 Å². The number of hydrogen-bond acceptors (Lipinski definition) is 1. The van der Waals surface area contributed by atoms with E-state index in [1.165, 1.54) is 31.2 Å². The molecule has 0 aliphatic rings. The van der Waals surface area contributed by atoms with Crippen molar-refractivity contribution >= 4 is 0 Å². The van der Waals surface area contributed by atoms with Crippen LogP contribution in [0.2, 0.25) is 0 Å². The van der Waals surface area contributed by atoms with Crippen LogP contribution in [0.15, 0.2) is 24.3 Å². The van der Waals surface area contributed by atoms with Gasteiger partial charge in [0.25, 0.3) is 0 Å². The highest BCUT2D eigenvalue weighted by molar-refractivity contribution is 5.28. The first kappa shape index (κ1) is 13.1. The van der Waals surface area contributed by atoms with Gasteiger partial charge in [-0.15, -0.1) is 0 Å². The summed E-state index contributed by atoms with van der Waals surface area (Å²) >= 11 is 0. The molecule has 0 aliphatic heterocycles. The highest BCUT2D eigenvalue weighted by Gasteiger charge is 2.09. The first-order valence-corrected chi connectivity index (χ1v) is 6.42. The van der Waals surface area contributed by atoms with Crippen molar-refractivity contribution in [2.75, 3.05) is 0 Å². The van der Waals surface area contributed by atoms with Crippen LogP contribution in [-0.4, -0.2) is 5.11 Å². The van der Waals surface area contributed by atoms with Gasteiger partial charge in [-0.3, -0.25) is 0 Å². The molecule has 0 aliphatic carbocycles. The Hall–Kier alpha value is -0.980. The molecule has 0 saturated heterocycles. The maximum Gasteiger partial charge on any atom is 0.115 e. The zero-order valence-corrected chi connectivity index (χ0v) is 10.7. The molecule has 1 aromatic carbocycles. The van der Waals surface area contributed by atoms with Gasteiger partial charge in [0.15, 0.2) is 0 Å². The summed E-state index contributed by atoms with van der Waals surface area (Å²) in [5.74, 6) is 1.82. The first-order valence-electron chi connectivity index (χ1n) is 6.42. The topological polar surface area (TPSA) is 20.2 Å². The van der Waals surface area contributed by atoms with E-state index >= 15 is 0 Å². The van der Waals surface area contributed by atoms with E-state index < -0.39 is 0 Å². The number of benzene rings is 1. The molecule has 16 heavy (non-hydrogen) atoms. The van der Waals surface area contributed by atoms with Crippen LogP contribution < -0.4 is 0 Å². The molecule has 0 amide bonds. The Labute approximate surface area is 99.5 Å². The molecule has 1 nitrogen and oxygen atoms in total. The van der Waals surface area contributed by atoms with Gasteiger partial charge in [0.2, 0.25) is 0 Å². The lowest BCUT2D eigenvalue weighted by molar-refractivity contribution is 0.473. The predicted octanol–water partition coefficient (Wildman–Crippen LogP) is 4.71. The van der Waals surface area contributed by atoms with Crippen molar-refractivity contribution in [1.82, 2.24) is 0 Å². The SMILES string of the molecule is CCC(CCCC(C)C)c1ccc(O)cc1. The summed E-state index contributed by atoms with van der Waals surface area (Å²) in [6.45, 7) is 6.80. The van der Waals surface area contributed by atoms with E-state index in [4.69, 9.17) is 0 Å². The minimum Gasteiger partial charge on any atom is -0.508 e. The van der Waals surface area contributed by atoms with Gasteiger partial charge in [-0.2, -0.15) is 0 Å². The molecule has 1 rings (SSSR count). The predicted molar refractivity (Wildman–Crippen MR) is 69.8 cm³/mol. The largest absolute Gasteiger partial charge is 0.508 e. The zero-order valence-electron chi connectivity index (χ0n) is 10.7. The van der Waals surface area contributed by atoms with Crippen molar-refractivity contribution < 1.29 is 5.11 Å². The second kappa shape index (κ2) is 6.57.